The molecule has 0 radical (unpaired) electrons. The molecular formula is C11H14N2O. The molecule has 1 aromatic carbocycles. The number of benzene rings is 1. The van der Waals surface area contributed by atoms with Crippen molar-refractivity contribution in [2.45, 2.75) is 25.4 Å². The van der Waals surface area contributed by atoms with Gasteiger partial charge in [0.1, 0.15) is 0 Å². The number of carbonyl (C=O) groups is 1. The van der Waals surface area contributed by atoms with Crippen LogP contribution in [0, 0.1) is 0 Å². The normalized spacial score (nSPS) is 15.2. The molecule has 74 valence electrons. The van der Waals surface area contributed by atoms with Crippen LogP contribution in [0.5, 0.6) is 0 Å². The SMILES string of the molecule is NCc1ccccc1C(=O)NC1CC1. The Morgan fingerprint density at radius 2 is 2.14 bits per heavy atom. The molecule has 1 aliphatic carbocycles. The highest BCUT2D eigenvalue weighted by atomic mass is 16.1. The number of hydrogen-bond acceptors (Lipinski definition) is 2. The standard InChI is InChI=1S/C11H14N2O/c12-7-8-3-1-2-4-10(8)11(14)13-9-5-6-9/h1-4,9H,5-7,12H2,(H,13,14). The lowest BCUT2D eigenvalue weighted by molar-refractivity contribution is 0.0950. The Balaban J connectivity index is 2.16. The van der Waals surface area contributed by atoms with Crippen molar-refractivity contribution in [1.29, 1.82) is 0 Å². The van der Waals surface area contributed by atoms with Crippen LogP contribution in [0.2, 0.25) is 0 Å². The lowest BCUT2D eigenvalue weighted by Gasteiger charge is -2.07. The number of rotatable bonds is 3. The molecule has 0 aromatic heterocycles. The molecule has 0 spiro atoms. The first kappa shape index (κ1) is 9.21. The van der Waals surface area contributed by atoms with Gasteiger partial charge in [0.15, 0.2) is 0 Å². The van der Waals surface area contributed by atoms with Gasteiger partial charge in [-0.3, -0.25) is 4.79 Å². The van der Waals surface area contributed by atoms with Gasteiger partial charge in [-0.15, -0.1) is 0 Å². The summed E-state index contributed by atoms with van der Waals surface area (Å²) in [7, 11) is 0. The Morgan fingerprint density at radius 1 is 1.43 bits per heavy atom. The van der Waals surface area contributed by atoms with Gasteiger partial charge in [0.05, 0.1) is 0 Å². The van der Waals surface area contributed by atoms with Crippen LogP contribution >= 0.6 is 0 Å². The predicted molar refractivity (Wildman–Crippen MR) is 54.8 cm³/mol. The molecule has 0 bridgehead atoms. The van der Waals surface area contributed by atoms with E-state index in [1.807, 2.05) is 24.3 Å². The van der Waals surface area contributed by atoms with Gasteiger partial charge < -0.3 is 11.1 Å². The number of carbonyl (C=O) groups excluding carboxylic acids is 1. The van der Waals surface area contributed by atoms with Crippen molar-refractivity contribution in [3.8, 4) is 0 Å². The third-order valence-electron chi connectivity index (χ3n) is 2.39. The molecule has 14 heavy (non-hydrogen) atoms. The molecule has 1 amide bonds. The second-order valence-corrected chi connectivity index (χ2v) is 3.61. The topological polar surface area (TPSA) is 55.1 Å². The largest absolute Gasteiger partial charge is 0.349 e. The van der Waals surface area contributed by atoms with Gasteiger partial charge in [-0.05, 0) is 24.5 Å². The van der Waals surface area contributed by atoms with E-state index < -0.39 is 0 Å². The highest BCUT2D eigenvalue weighted by molar-refractivity contribution is 5.96. The molecule has 0 atom stereocenters. The molecule has 1 aromatic rings. The van der Waals surface area contributed by atoms with Crippen LogP contribution < -0.4 is 11.1 Å². The average Bonchev–Trinajstić information content (AvgIpc) is 3.01. The summed E-state index contributed by atoms with van der Waals surface area (Å²) in [5, 5.41) is 2.95. The van der Waals surface area contributed by atoms with Crippen molar-refractivity contribution >= 4 is 5.91 Å². The lowest BCUT2D eigenvalue weighted by Crippen LogP contribution is -2.26. The van der Waals surface area contributed by atoms with Gasteiger partial charge in [-0.2, -0.15) is 0 Å². The van der Waals surface area contributed by atoms with E-state index in [1.54, 1.807) is 0 Å². The summed E-state index contributed by atoms with van der Waals surface area (Å²) < 4.78 is 0. The van der Waals surface area contributed by atoms with Gasteiger partial charge in [0, 0.05) is 18.2 Å². The zero-order chi connectivity index (χ0) is 9.97. The van der Waals surface area contributed by atoms with E-state index >= 15 is 0 Å². The van der Waals surface area contributed by atoms with Crippen molar-refractivity contribution in [2.24, 2.45) is 5.73 Å². The van der Waals surface area contributed by atoms with Crippen molar-refractivity contribution in [1.82, 2.24) is 5.32 Å². The summed E-state index contributed by atoms with van der Waals surface area (Å²) in [4.78, 5) is 11.7. The van der Waals surface area contributed by atoms with Gasteiger partial charge >= 0.3 is 0 Å². The summed E-state index contributed by atoms with van der Waals surface area (Å²) >= 11 is 0. The van der Waals surface area contributed by atoms with E-state index in [0.717, 1.165) is 18.4 Å². The van der Waals surface area contributed by atoms with E-state index in [1.165, 1.54) is 0 Å². The summed E-state index contributed by atoms with van der Waals surface area (Å²) in [6.07, 6.45) is 2.22. The van der Waals surface area contributed by atoms with Gasteiger partial charge in [0.2, 0.25) is 0 Å². The van der Waals surface area contributed by atoms with Crippen molar-refractivity contribution in [2.75, 3.05) is 0 Å². The zero-order valence-electron chi connectivity index (χ0n) is 7.99. The van der Waals surface area contributed by atoms with Crippen LogP contribution in [-0.4, -0.2) is 11.9 Å². The minimum atomic E-state index is 0.00792. The number of nitrogens with one attached hydrogen (secondary N) is 1. The van der Waals surface area contributed by atoms with E-state index in [0.29, 0.717) is 18.2 Å². The highest BCUT2D eigenvalue weighted by Gasteiger charge is 2.24. The second kappa shape index (κ2) is 3.80. The fourth-order valence-electron chi connectivity index (χ4n) is 1.41. The van der Waals surface area contributed by atoms with Crippen LogP contribution in [0.15, 0.2) is 24.3 Å². The van der Waals surface area contributed by atoms with Crippen LogP contribution in [0.4, 0.5) is 0 Å². The van der Waals surface area contributed by atoms with Crippen LogP contribution in [0.3, 0.4) is 0 Å². The van der Waals surface area contributed by atoms with Gasteiger partial charge in [0.25, 0.3) is 5.91 Å². The lowest BCUT2D eigenvalue weighted by atomic mass is 10.1. The third-order valence-corrected chi connectivity index (χ3v) is 2.39. The minimum Gasteiger partial charge on any atom is -0.349 e. The minimum absolute atomic E-state index is 0.00792. The smallest absolute Gasteiger partial charge is 0.251 e. The van der Waals surface area contributed by atoms with E-state index in [2.05, 4.69) is 5.32 Å². The molecule has 0 unspecified atom stereocenters. The summed E-state index contributed by atoms with van der Waals surface area (Å²) in [6.45, 7) is 0.411. The Labute approximate surface area is 83.3 Å². The molecule has 1 fully saturated rings. The molecule has 1 aliphatic rings. The Hall–Kier alpha value is -1.35. The maximum atomic E-state index is 11.7. The second-order valence-electron chi connectivity index (χ2n) is 3.61. The summed E-state index contributed by atoms with van der Waals surface area (Å²) in [6, 6.07) is 7.87. The summed E-state index contributed by atoms with van der Waals surface area (Å²) in [5.74, 6) is 0.00792. The zero-order valence-corrected chi connectivity index (χ0v) is 7.99. The molecule has 3 N–H and O–H groups in total. The maximum absolute atomic E-state index is 11.7. The first-order valence-electron chi connectivity index (χ1n) is 4.90. The third kappa shape index (κ3) is 1.93. The van der Waals surface area contributed by atoms with Gasteiger partial charge in [-0.1, -0.05) is 18.2 Å². The summed E-state index contributed by atoms with van der Waals surface area (Å²) in [5.41, 5.74) is 7.17. The predicted octanol–water partition coefficient (Wildman–Crippen LogP) is 1.04. The number of amides is 1. The molecular weight excluding hydrogens is 176 g/mol. The molecule has 0 saturated heterocycles. The first-order valence-corrected chi connectivity index (χ1v) is 4.90. The fraction of sp³-hybridized carbons (Fsp3) is 0.364. The molecule has 3 heteroatoms. The molecule has 3 nitrogen and oxygen atoms in total. The quantitative estimate of drug-likeness (QED) is 0.748. The molecule has 0 heterocycles. The van der Waals surface area contributed by atoms with E-state index in [-0.39, 0.29) is 5.91 Å². The van der Waals surface area contributed by atoms with Crippen LogP contribution in [-0.2, 0) is 6.54 Å². The van der Waals surface area contributed by atoms with E-state index in [9.17, 15) is 4.79 Å². The van der Waals surface area contributed by atoms with Crippen molar-refractivity contribution in [3.05, 3.63) is 35.4 Å². The fourth-order valence-corrected chi connectivity index (χ4v) is 1.41. The maximum Gasteiger partial charge on any atom is 0.251 e. The van der Waals surface area contributed by atoms with Crippen molar-refractivity contribution < 1.29 is 4.79 Å². The Bertz CT molecular complexity index is 345. The number of hydrogen-bond donors (Lipinski definition) is 2. The first-order chi connectivity index (χ1) is 6.81. The monoisotopic (exact) mass is 190 g/mol. The highest BCUT2D eigenvalue weighted by Crippen LogP contribution is 2.19. The molecule has 1 saturated carbocycles. The molecule has 2 rings (SSSR count). The number of nitrogens with two attached hydrogens (primary N) is 1. The van der Waals surface area contributed by atoms with Crippen LogP contribution in [0.1, 0.15) is 28.8 Å². The molecule has 0 aliphatic heterocycles. The van der Waals surface area contributed by atoms with Crippen LogP contribution in [0.25, 0.3) is 0 Å². The van der Waals surface area contributed by atoms with Gasteiger partial charge in [-0.25, -0.2) is 0 Å². The Morgan fingerprint density at radius 3 is 2.79 bits per heavy atom. The average molecular weight is 190 g/mol. The van der Waals surface area contributed by atoms with Crippen molar-refractivity contribution in [3.63, 3.8) is 0 Å². The van der Waals surface area contributed by atoms with E-state index in [4.69, 9.17) is 5.73 Å². The Kier molecular flexibility index (Phi) is 2.50.